The Morgan fingerprint density at radius 2 is 2.10 bits per heavy atom. The summed E-state index contributed by atoms with van der Waals surface area (Å²) in [6.45, 7) is 8.61. The van der Waals surface area contributed by atoms with Gasteiger partial charge in [-0.2, -0.15) is 0 Å². The zero-order chi connectivity index (χ0) is 14.0. The molecule has 2 unspecified atom stereocenters. The minimum atomic E-state index is 0.204. The molecule has 0 amide bonds. The highest BCUT2D eigenvalue weighted by molar-refractivity contribution is 5.17. The molecule has 2 aliphatic heterocycles. The van der Waals surface area contributed by atoms with Crippen molar-refractivity contribution in [3.8, 4) is 0 Å². The second kappa shape index (κ2) is 5.84. The van der Waals surface area contributed by atoms with Gasteiger partial charge in [-0.1, -0.05) is 30.3 Å². The van der Waals surface area contributed by atoms with Gasteiger partial charge in [0, 0.05) is 37.3 Å². The largest absolute Gasteiger partial charge is 0.380 e. The van der Waals surface area contributed by atoms with Crippen molar-refractivity contribution < 1.29 is 4.74 Å². The van der Waals surface area contributed by atoms with Crippen LogP contribution in [-0.2, 0) is 11.2 Å². The normalized spacial score (nSPS) is 30.5. The van der Waals surface area contributed by atoms with E-state index in [0.29, 0.717) is 12.1 Å². The molecule has 3 nitrogen and oxygen atoms in total. The van der Waals surface area contributed by atoms with Crippen LogP contribution in [-0.4, -0.2) is 48.8 Å². The van der Waals surface area contributed by atoms with Crippen molar-refractivity contribution >= 4 is 0 Å². The van der Waals surface area contributed by atoms with E-state index in [1.54, 1.807) is 0 Å². The number of hydrogen-bond donors (Lipinski definition) is 1. The van der Waals surface area contributed by atoms with Gasteiger partial charge in [-0.15, -0.1) is 0 Å². The lowest BCUT2D eigenvalue weighted by Gasteiger charge is -2.47. The molecule has 1 aromatic carbocycles. The molecule has 3 heteroatoms. The Morgan fingerprint density at radius 1 is 1.30 bits per heavy atom. The standard InChI is InChI=1S/C17H26N2O/c1-17(2)13-19(15-8-9-20-12-15)16(11-18-17)10-14-6-4-3-5-7-14/h3-7,15-16,18H,8-13H2,1-2H3. The fourth-order valence-corrected chi connectivity index (χ4v) is 3.44. The van der Waals surface area contributed by atoms with Gasteiger partial charge in [-0.25, -0.2) is 0 Å². The van der Waals surface area contributed by atoms with Crippen LogP contribution in [0, 0.1) is 0 Å². The molecule has 0 aromatic heterocycles. The number of hydrogen-bond acceptors (Lipinski definition) is 3. The van der Waals surface area contributed by atoms with Crippen LogP contribution in [0.25, 0.3) is 0 Å². The molecule has 2 aliphatic rings. The van der Waals surface area contributed by atoms with Crippen molar-refractivity contribution in [3.63, 3.8) is 0 Å². The van der Waals surface area contributed by atoms with Crippen LogP contribution in [0.1, 0.15) is 25.8 Å². The molecule has 3 rings (SSSR count). The SMILES string of the molecule is CC1(C)CN(C2CCOC2)C(Cc2ccccc2)CN1. The number of piperazine rings is 1. The van der Waals surface area contributed by atoms with Gasteiger partial charge < -0.3 is 10.1 Å². The summed E-state index contributed by atoms with van der Waals surface area (Å²) in [5, 5.41) is 3.70. The molecule has 0 bridgehead atoms. The fraction of sp³-hybridized carbons (Fsp3) is 0.647. The average molecular weight is 274 g/mol. The number of ether oxygens (including phenoxy) is 1. The highest BCUT2D eigenvalue weighted by Gasteiger charge is 2.37. The van der Waals surface area contributed by atoms with Crippen molar-refractivity contribution in [2.75, 3.05) is 26.3 Å². The summed E-state index contributed by atoms with van der Waals surface area (Å²) in [5.41, 5.74) is 1.64. The minimum Gasteiger partial charge on any atom is -0.380 e. The van der Waals surface area contributed by atoms with Crippen LogP contribution in [0.3, 0.4) is 0 Å². The van der Waals surface area contributed by atoms with Crippen LogP contribution in [0.5, 0.6) is 0 Å². The molecule has 20 heavy (non-hydrogen) atoms. The molecule has 1 N–H and O–H groups in total. The highest BCUT2D eigenvalue weighted by Crippen LogP contribution is 2.24. The maximum atomic E-state index is 5.61. The first kappa shape index (κ1) is 14.1. The number of benzene rings is 1. The van der Waals surface area contributed by atoms with Crippen LogP contribution >= 0.6 is 0 Å². The summed E-state index contributed by atoms with van der Waals surface area (Å²) in [4.78, 5) is 2.69. The van der Waals surface area contributed by atoms with Crippen molar-refractivity contribution in [1.82, 2.24) is 10.2 Å². The van der Waals surface area contributed by atoms with E-state index < -0.39 is 0 Å². The molecule has 2 saturated heterocycles. The zero-order valence-corrected chi connectivity index (χ0v) is 12.6. The lowest BCUT2D eigenvalue weighted by molar-refractivity contribution is 0.0468. The minimum absolute atomic E-state index is 0.204. The first-order valence-corrected chi connectivity index (χ1v) is 7.76. The second-order valence-electron chi connectivity index (χ2n) is 6.80. The number of nitrogens with one attached hydrogen (secondary N) is 1. The summed E-state index contributed by atoms with van der Waals surface area (Å²) in [7, 11) is 0. The maximum absolute atomic E-state index is 5.61. The van der Waals surface area contributed by atoms with E-state index in [1.165, 1.54) is 12.0 Å². The second-order valence-corrected chi connectivity index (χ2v) is 6.80. The van der Waals surface area contributed by atoms with E-state index in [2.05, 4.69) is 54.4 Å². The zero-order valence-electron chi connectivity index (χ0n) is 12.6. The Labute approximate surface area is 122 Å². The lowest BCUT2D eigenvalue weighted by Crippen LogP contribution is -2.64. The van der Waals surface area contributed by atoms with E-state index in [1.807, 2.05) is 0 Å². The van der Waals surface area contributed by atoms with Gasteiger partial charge >= 0.3 is 0 Å². The quantitative estimate of drug-likeness (QED) is 0.913. The van der Waals surface area contributed by atoms with E-state index >= 15 is 0 Å². The molecule has 0 spiro atoms. The molecule has 110 valence electrons. The molecule has 2 fully saturated rings. The third-order valence-electron chi connectivity index (χ3n) is 4.55. The summed E-state index contributed by atoms with van der Waals surface area (Å²) in [6.07, 6.45) is 2.31. The van der Waals surface area contributed by atoms with Crippen molar-refractivity contribution in [2.24, 2.45) is 0 Å². The fourth-order valence-electron chi connectivity index (χ4n) is 3.44. The topological polar surface area (TPSA) is 24.5 Å². The molecular formula is C17H26N2O. The smallest absolute Gasteiger partial charge is 0.0622 e. The van der Waals surface area contributed by atoms with Crippen LogP contribution < -0.4 is 5.32 Å². The predicted octanol–water partition coefficient (Wildman–Crippen LogP) is 2.07. The van der Waals surface area contributed by atoms with E-state index in [9.17, 15) is 0 Å². The molecule has 0 saturated carbocycles. The van der Waals surface area contributed by atoms with Crippen LogP contribution in [0.2, 0.25) is 0 Å². The molecule has 2 atom stereocenters. The maximum Gasteiger partial charge on any atom is 0.0622 e. The van der Waals surface area contributed by atoms with E-state index in [4.69, 9.17) is 4.74 Å². The third kappa shape index (κ3) is 3.22. The predicted molar refractivity (Wildman–Crippen MR) is 81.9 cm³/mol. The van der Waals surface area contributed by atoms with Crippen molar-refractivity contribution in [1.29, 1.82) is 0 Å². The Hall–Kier alpha value is -0.900. The average Bonchev–Trinajstić information content (AvgIpc) is 2.96. The number of rotatable bonds is 3. The summed E-state index contributed by atoms with van der Waals surface area (Å²) >= 11 is 0. The van der Waals surface area contributed by atoms with E-state index in [0.717, 1.165) is 32.7 Å². The molecular weight excluding hydrogens is 248 g/mol. The van der Waals surface area contributed by atoms with Crippen LogP contribution in [0.15, 0.2) is 30.3 Å². The highest BCUT2D eigenvalue weighted by atomic mass is 16.5. The Bertz CT molecular complexity index is 426. The summed E-state index contributed by atoms with van der Waals surface area (Å²) < 4.78 is 5.61. The summed E-state index contributed by atoms with van der Waals surface area (Å²) in [6, 6.07) is 12.0. The van der Waals surface area contributed by atoms with Gasteiger partial charge in [-0.05, 0) is 32.3 Å². The molecule has 0 radical (unpaired) electrons. The molecule has 2 heterocycles. The van der Waals surface area contributed by atoms with Crippen molar-refractivity contribution in [2.45, 2.75) is 44.3 Å². The monoisotopic (exact) mass is 274 g/mol. The van der Waals surface area contributed by atoms with Crippen molar-refractivity contribution in [3.05, 3.63) is 35.9 Å². The van der Waals surface area contributed by atoms with Crippen LogP contribution in [0.4, 0.5) is 0 Å². The first-order valence-electron chi connectivity index (χ1n) is 7.76. The van der Waals surface area contributed by atoms with Gasteiger partial charge in [-0.3, -0.25) is 4.90 Å². The molecule has 0 aliphatic carbocycles. The first-order chi connectivity index (χ1) is 9.64. The van der Waals surface area contributed by atoms with Gasteiger partial charge in [0.2, 0.25) is 0 Å². The van der Waals surface area contributed by atoms with Gasteiger partial charge in [0.25, 0.3) is 0 Å². The Balaban J connectivity index is 1.73. The van der Waals surface area contributed by atoms with Gasteiger partial charge in [0.15, 0.2) is 0 Å². The Kier molecular flexibility index (Phi) is 4.11. The molecule has 1 aromatic rings. The Morgan fingerprint density at radius 3 is 2.80 bits per heavy atom. The lowest BCUT2D eigenvalue weighted by atomic mass is 9.93. The number of nitrogens with zero attached hydrogens (tertiary/aromatic N) is 1. The van der Waals surface area contributed by atoms with Gasteiger partial charge in [0.05, 0.1) is 6.61 Å². The van der Waals surface area contributed by atoms with Gasteiger partial charge in [0.1, 0.15) is 0 Å². The van der Waals surface area contributed by atoms with E-state index in [-0.39, 0.29) is 5.54 Å². The third-order valence-corrected chi connectivity index (χ3v) is 4.55. The summed E-state index contributed by atoms with van der Waals surface area (Å²) in [5.74, 6) is 0.